The number of piperidine rings is 1. The smallest absolute Gasteiger partial charge is 0.267 e. The van der Waals surface area contributed by atoms with Crippen molar-refractivity contribution < 1.29 is 18.0 Å². The van der Waals surface area contributed by atoms with E-state index in [1.54, 1.807) is 5.01 Å². The van der Waals surface area contributed by atoms with Crippen LogP contribution in [0.5, 0.6) is 0 Å². The number of benzene rings is 1. The summed E-state index contributed by atoms with van der Waals surface area (Å²) in [6.07, 6.45) is 2.81. The summed E-state index contributed by atoms with van der Waals surface area (Å²) in [5, 5.41) is 8.84. The molecule has 0 spiro atoms. The van der Waals surface area contributed by atoms with Crippen molar-refractivity contribution in [1.82, 2.24) is 9.62 Å². The molecule has 3 rings (SSSR count). The predicted molar refractivity (Wildman–Crippen MR) is 103 cm³/mol. The van der Waals surface area contributed by atoms with Gasteiger partial charge >= 0.3 is 0 Å². The fourth-order valence-electron chi connectivity index (χ4n) is 3.41. The van der Waals surface area contributed by atoms with Gasteiger partial charge in [0, 0.05) is 25.6 Å². The van der Waals surface area contributed by atoms with E-state index in [2.05, 4.69) is 10.4 Å². The third-order valence-electron chi connectivity index (χ3n) is 4.85. The van der Waals surface area contributed by atoms with Crippen molar-refractivity contribution in [3.63, 3.8) is 0 Å². The summed E-state index contributed by atoms with van der Waals surface area (Å²) < 4.78 is 24.9. The fourth-order valence-corrected chi connectivity index (χ4v) is 4.32. The van der Waals surface area contributed by atoms with E-state index in [9.17, 15) is 18.0 Å². The molecule has 2 atom stereocenters. The Bertz CT molecular complexity index is 853. The standard InChI is InChI=1S/C18H24N4O4S/c1-13(23)17-11-16(20-22(17)15-8-4-3-5-9-15)18(24)19-14-7-6-10-21(12-14)27(2,25)26/h3-5,8-9,14,17H,6-7,10-12H2,1-2H3,(H,19,24). The molecule has 0 radical (unpaired) electrons. The molecule has 1 amide bonds. The number of rotatable bonds is 5. The number of para-hydroxylation sites is 1. The van der Waals surface area contributed by atoms with Crippen molar-refractivity contribution in [3.8, 4) is 0 Å². The number of anilines is 1. The first-order valence-corrected chi connectivity index (χ1v) is 10.8. The molecule has 1 N–H and O–H groups in total. The van der Waals surface area contributed by atoms with Crippen molar-refractivity contribution in [1.29, 1.82) is 0 Å². The molecule has 2 unspecified atom stereocenters. The van der Waals surface area contributed by atoms with Gasteiger partial charge < -0.3 is 5.32 Å². The summed E-state index contributed by atoms with van der Waals surface area (Å²) in [5.74, 6) is -0.411. The largest absolute Gasteiger partial charge is 0.347 e. The highest BCUT2D eigenvalue weighted by molar-refractivity contribution is 7.88. The number of carbonyl (C=O) groups excluding carboxylic acids is 2. The second-order valence-corrected chi connectivity index (χ2v) is 8.97. The summed E-state index contributed by atoms with van der Waals surface area (Å²) >= 11 is 0. The molecule has 27 heavy (non-hydrogen) atoms. The number of amides is 1. The highest BCUT2D eigenvalue weighted by atomic mass is 32.2. The van der Waals surface area contributed by atoms with Crippen molar-refractivity contribution in [2.45, 2.75) is 38.3 Å². The first-order valence-electron chi connectivity index (χ1n) is 8.94. The molecule has 0 saturated carbocycles. The maximum atomic E-state index is 12.7. The summed E-state index contributed by atoms with van der Waals surface area (Å²) in [7, 11) is -3.28. The van der Waals surface area contributed by atoms with E-state index < -0.39 is 16.1 Å². The number of sulfonamides is 1. The van der Waals surface area contributed by atoms with Gasteiger partial charge in [-0.3, -0.25) is 14.6 Å². The SMILES string of the molecule is CC(=O)C1CC(C(=O)NC2CCCN(S(C)(=O)=O)C2)=NN1c1ccccc1. The van der Waals surface area contributed by atoms with Crippen LogP contribution in [-0.4, -0.2) is 61.6 Å². The van der Waals surface area contributed by atoms with Gasteiger partial charge in [0.05, 0.1) is 11.9 Å². The molecular formula is C18H24N4O4S. The second kappa shape index (κ2) is 7.77. The lowest BCUT2D eigenvalue weighted by Crippen LogP contribution is -2.50. The number of nitrogens with one attached hydrogen (secondary N) is 1. The Hall–Kier alpha value is -2.26. The van der Waals surface area contributed by atoms with Crippen LogP contribution in [0, 0.1) is 0 Å². The lowest BCUT2D eigenvalue weighted by molar-refractivity contribution is -0.118. The lowest BCUT2D eigenvalue weighted by Gasteiger charge is -2.31. The van der Waals surface area contributed by atoms with Crippen LogP contribution in [0.25, 0.3) is 0 Å². The number of hydrazone groups is 1. The molecule has 9 heteroatoms. The molecule has 2 heterocycles. The first-order chi connectivity index (χ1) is 12.8. The number of ketones is 1. The van der Waals surface area contributed by atoms with Crippen molar-refractivity contribution in [2.24, 2.45) is 5.10 Å². The van der Waals surface area contributed by atoms with Gasteiger partial charge in [-0.05, 0) is 31.9 Å². The first kappa shape index (κ1) is 19.5. The molecule has 146 valence electrons. The Kier molecular flexibility index (Phi) is 5.61. The quantitative estimate of drug-likeness (QED) is 0.797. The lowest BCUT2D eigenvalue weighted by atomic mass is 10.0. The van der Waals surface area contributed by atoms with Crippen molar-refractivity contribution in [2.75, 3.05) is 24.4 Å². The minimum Gasteiger partial charge on any atom is -0.347 e. The number of carbonyl (C=O) groups is 2. The minimum atomic E-state index is -3.28. The van der Waals surface area contributed by atoms with Crippen LogP contribution in [0.4, 0.5) is 5.69 Å². The van der Waals surface area contributed by atoms with Gasteiger partial charge in [-0.15, -0.1) is 0 Å². The molecule has 1 aromatic rings. The van der Waals surface area contributed by atoms with Crippen molar-refractivity contribution >= 4 is 33.1 Å². The fraction of sp³-hybridized carbons (Fsp3) is 0.500. The molecule has 0 aromatic heterocycles. The van der Waals surface area contributed by atoms with Crippen LogP contribution in [-0.2, 0) is 19.6 Å². The predicted octanol–water partition coefficient (Wildman–Crippen LogP) is 0.751. The number of hydrogen-bond donors (Lipinski definition) is 1. The molecule has 2 aliphatic heterocycles. The second-order valence-electron chi connectivity index (χ2n) is 6.99. The summed E-state index contributed by atoms with van der Waals surface area (Å²) in [5.41, 5.74) is 1.04. The van der Waals surface area contributed by atoms with Gasteiger partial charge in [-0.2, -0.15) is 5.10 Å². The normalized spacial score (nSPS) is 23.8. The molecule has 2 aliphatic rings. The molecule has 1 aromatic carbocycles. The Morgan fingerprint density at radius 1 is 1.22 bits per heavy atom. The van der Waals surface area contributed by atoms with E-state index in [4.69, 9.17) is 0 Å². The molecular weight excluding hydrogens is 368 g/mol. The van der Waals surface area contributed by atoms with Crippen LogP contribution in [0.1, 0.15) is 26.2 Å². The van der Waals surface area contributed by atoms with E-state index in [1.807, 2.05) is 30.3 Å². The topological polar surface area (TPSA) is 99.2 Å². The van der Waals surface area contributed by atoms with Crippen LogP contribution in [0.15, 0.2) is 35.4 Å². The van der Waals surface area contributed by atoms with Crippen molar-refractivity contribution in [3.05, 3.63) is 30.3 Å². The highest BCUT2D eigenvalue weighted by Gasteiger charge is 2.35. The number of nitrogens with zero attached hydrogens (tertiary/aromatic N) is 3. The van der Waals surface area contributed by atoms with E-state index in [1.165, 1.54) is 17.5 Å². The maximum Gasteiger partial charge on any atom is 0.267 e. The van der Waals surface area contributed by atoms with Crippen LogP contribution in [0.2, 0.25) is 0 Å². The Labute approximate surface area is 159 Å². The summed E-state index contributed by atoms with van der Waals surface area (Å²) in [6.45, 7) is 2.22. The molecule has 0 aliphatic carbocycles. The third-order valence-corrected chi connectivity index (χ3v) is 6.12. The number of Topliss-reactive ketones (excluding diaryl/α,β-unsaturated/α-hetero) is 1. The van der Waals surface area contributed by atoms with Gasteiger partial charge in [0.2, 0.25) is 10.0 Å². The third kappa shape index (κ3) is 4.54. The van der Waals surface area contributed by atoms with Gasteiger partial charge in [0.1, 0.15) is 11.8 Å². The van der Waals surface area contributed by atoms with E-state index in [-0.39, 0.29) is 36.4 Å². The van der Waals surface area contributed by atoms with Crippen LogP contribution >= 0.6 is 0 Å². The van der Waals surface area contributed by atoms with E-state index in [0.717, 1.165) is 5.69 Å². The van der Waals surface area contributed by atoms with Gasteiger partial charge in [-0.25, -0.2) is 12.7 Å². The highest BCUT2D eigenvalue weighted by Crippen LogP contribution is 2.25. The zero-order valence-electron chi connectivity index (χ0n) is 15.5. The van der Waals surface area contributed by atoms with Crippen LogP contribution in [0.3, 0.4) is 0 Å². The molecule has 0 bridgehead atoms. The Morgan fingerprint density at radius 2 is 1.93 bits per heavy atom. The molecule has 1 fully saturated rings. The molecule has 1 saturated heterocycles. The molecule has 8 nitrogen and oxygen atoms in total. The Morgan fingerprint density at radius 3 is 2.56 bits per heavy atom. The maximum absolute atomic E-state index is 12.7. The average Bonchev–Trinajstić information content (AvgIpc) is 3.08. The summed E-state index contributed by atoms with van der Waals surface area (Å²) in [6, 6.07) is 8.48. The Balaban J connectivity index is 1.72. The van der Waals surface area contributed by atoms with Gasteiger partial charge in [0.15, 0.2) is 5.78 Å². The van der Waals surface area contributed by atoms with Gasteiger partial charge in [0.25, 0.3) is 5.91 Å². The van der Waals surface area contributed by atoms with Gasteiger partial charge in [-0.1, -0.05) is 18.2 Å². The zero-order valence-corrected chi connectivity index (χ0v) is 16.3. The summed E-state index contributed by atoms with van der Waals surface area (Å²) in [4.78, 5) is 24.7. The number of hydrogen-bond acceptors (Lipinski definition) is 6. The minimum absolute atomic E-state index is 0.0636. The zero-order chi connectivity index (χ0) is 19.6. The van der Waals surface area contributed by atoms with Crippen LogP contribution < -0.4 is 10.3 Å². The average molecular weight is 392 g/mol. The monoisotopic (exact) mass is 392 g/mol. The van der Waals surface area contributed by atoms with E-state index in [0.29, 0.717) is 19.4 Å². The van der Waals surface area contributed by atoms with E-state index >= 15 is 0 Å².